The molecule has 2 amide bonds. The van der Waals surface area contributed by atoms with Gasteiger partial charge in [0.05, 0.1) is 13.3 Å². The lowest BCUT2D eigenvalue weighted by molar-refractivity contribution is -0.136. The first-order valence-corrected chi connectivity index (χ1v) is 11.1. The Kier molecular flexibility index (Phi) is 8.90. The number of carbonyl (C=O) groups excluding carboxylic acids is 2. The molecule has 0 saturated heterocycles. The highest BCUT2D eigenvalue weighted by molar-refractivity contribution is 6.39. The normalized spacial score (nSPS) is 10.7. The highest BCUT2D eigenvalue weighted by Gasteiger charge is 2.15. The van der Waals surface area contributed by atoms with E-state index in [9.17, 15) is 9.59 Å². The summed E-state index contributed by atoms with van der Waals surface area (Å²) in [7, 11) is 1.50. The maximum absolute atomic E-state index is 12.1. The van der Waals surface area contributed by atoms with Gasteiger partial charge in [0.2, 0.25) is 0 Å². The van der Waals surface area contributed by atoms with Gasteiger partial charge in [0, 0.05) is 26.9 Å². The fourth-order valence-electron chi connectivity index (χ4n) is 2.99. The molecule has 0 radical (unpaired) electrons. The molecule has 7 nitrogen and oxygen atoms in total. The van der Waals surface area contributed by atoms with Gasteiger partial charge in [-0.2, -0.15) is 5.10 Å². The Morgan fingerprint density at radius 1 is 0.971 bits per heavy atom. The first-order valence-electron chi connectivity index (χ1n) is 10.4. The Bertz CT molecular complexity index is 1180. The molecule has 2 N–H and O–H groups in total. The zero-order valence-corrected chi connectivity index (χ0v) is 20.1. The molecule has 3 aromatic carbocycles. The molecule has 0 unspecified atom stereocenters. The number of nitrogens with one attached hydrogen (secondary N) is 2. The average molecular weight is 500 g/mol. The van der Waals surface area contributed by atoms with Gasteiger partial charge in [-0.05, 0) is 48.4 Å². The van der Waals surface area contributed by atoms with Gasteiger partial charge < -0.3 is 14.8 Å². The lowest BCUT2D eigenvalue weighted by atomic mass is 10.1. The minimum Gasteiger partial charge on any atom is -0.493 e. The van der Waals surface area contributed by atoms with Crippen LogP contribution in [0, 0.1) is 0 Å². The summed E-state index contributed by atoms with van der Waals surface area (Å²) in [5, 5.41) is 7.36. The van der Waals surface area contributed by atoms with Crippen molar-refractivity contribution in [1.29, 1.82) is 0 Å². The maximum atomic E-state index is 12.1. The minimum absolute atomic E-state index is 0.0886. The van der Waals surface area contributed by atoms with Crippen molar-refractivity contribution in [3.05, 3.63) is 87.4 Å². The number of para-hydroxylation sites is 1. The summed E-state index contributed by atoms with van der Waals surface area (Å²) in [5.41, 5.74) is 4.99. The van der Waals surface area contributed by atoms with E-state index in [1.807, 2.05) is 19.1 Å². The Hall–Kier alpha value is -3.55. The van der Waals surface area contributed by atoms with E-state index in [1.165, 1.54) is 13.3 Å². The van der Waals surface area contributed by atoms with E-state index in [4.69, 9.17) is 32.7 Å². The molecule has 0 atom stereocenters. The Morgan fingerprint density at radius 3 is 2.29 bits per heavy atom. The maximum Gasteiger partial charge on any atom is 0.329 e. The fraction of sp³-hybridized carbons (Fsp3) is 0.160. The van der Waals surface area contributed by atoms with Crippen molar-refractivity contribution in [2.75, 3.05) is 12.4 Å². The average Bonchev–Trinajstić information content (AvgIpc) is 2.84. The second-order valence-electron chi connectivity index (χ2n) is 7.07. The number of hydrogen-bond acceptors (Lipinski definition) is 5. The van der Waals surface area contributed by atoms with E-state index >= 15 is 0 Å². The van der Waals surface area contributed by atoms with E-state index in [0.717, 1.165) is 12.0 Å². The van der Waals surface area contributed by atoms with Gasteiger partial charge in [-0.1, -0.05) is 54.4 Å². The number of ether oxygens (including phenoxy) is 2. The second kappa shape index (κ2) is 12.1. The summed E-state index contributed by atoms with van der Waals surface area (Å²) in [5.74, 6) is -0.924. The Labute approximate surface area is 207 Å². The predicted molar refractivity (Wildman–Crippen MR) is 134 cm³/mol. The third-order valence-corrected chi connectivity index (χ3v) is 5.56. The van der Waals surface area contributed by atoms with Gasteiger partial charge >= 0.3 is 11.8 Å². The number of benzene rings is 3. The molecule has 0 heterocycles. The molecular formula is C25H23Cl2N3O4. The van der Waals surface area contributed by atoms with Gasteiger partial charge in [-0.25, -0.2) is 5.43 Å². The first-order chi connectivity index (χ1) is 16.4. The third-order valence-electron chi connectivity index (χ3n) is 4.85. The largest absolute Gasteiger partial charge is 0.493 e. The van der Waals surface area contributed by atoms with Crippen LogP contribution in [0.1, 0.15) is 23.6 Å². The van der Waals surface area contributed by atoms with Crippen molar-refractivity contribution in [3.8, 4) is 11.5 Å². The number of hydrogen-bond donors (Lipinski definition) is 2. The molecule has 0 aromatic heterocycles. The summed E-state index contributed by atoms with van der Waals surface area (Å²) in [4.78, 5) is 24.3. The number of rotatable bonds is 8. The molecule has 0 bridgehead atoms. The van der Waals surface area contributed by atoms with Crippen molar-refractivity contribution < 1.29 is 19.1 Å². The zero-order valence-electron chi connectivity index (χ0n) is 18.6. The van der Waals surface area contributed by atoms with Crippen molar-refractivity contribution in [3.63, 3.8) is 0 Å². The Morgan fingerprint density at radius 2 is 1.65 bits per heavy atom. The van der Waals surface area contributed by atoms with Crippen molar-refractivity contribution in [2.24, 2.45) is 5.10 Å². The highest BCUT2D eigenvalue weighted by Crippen LogP contribution is 2.33. The van der Waals surface area contributed by atoms with Gasteiger partial charge in [0.15, 0.2) is 11.5 Å². The number of halogens is 2. The van der Waals surface area contributed by atoms with Gasteiger partial charge in [0.1, 0.15) is 6.61 Å². The summed E-state index contributed by atoms with van der Waals surface area (Å²) in [6.45, 7) is 2.12. The number of nitrogens with zero attached hydrogens (tertiary/aromatic N) is 1. The zero-order chi connectivity index (χ0) is 24.5. The number of carbonyl (C=O) groups is 2. The number of aryl methyl sites for hydroxylation is 1. The van der Waals surface area contributed by atoms with Crippen molar-refractivity contribution >= 4 is 46.9 Å². The second-order valence-corrected chi connectivity index (χ2v) is 7.89. The van der Waals surface area contributed by atoms with E-state index in [1.54, 1.807) is 48.5 Å². The number of anilines is 1. The van der Waals surface area contributed by atoms with Gasteiger partial charge in [0.25, 0.3) is 0 Å². The van der Waals surface area contributed by atoms with E-state index < -0.39 is 11.8 Å². The molecule has 9 heteroatoms. The van der Waals surface area contributed by atoms with Crippen molar-refractivity contribution in [1.82, 2.24) is 5.43 Å². The van der Waals surface area contributed by atoms with Crippen LogP contribution in [-0.2, 0) is 22.6 Å². The Balaban J connectivity index is 1.67. The van der Waals surface area contributed by atoms with Crippen LogP contribution < -0.4 is 20.2 Å². The summed E-state index contributed by atoms with van der Waals surface area (Å²) < 4.78 is 11.3. The van der Waals surface area contributed by atoms with Crippen LogP contribution in [0.15, 0.2) is 65.8 Å². The molecule has 3 rings (SSSR count). The minimum atomic E-state index is -0.913. The van der Waals surface area contributed by atoms with E-state index in [-0.39, 0.29) is 6.61 Å². The van der Waals surface area contributed by atoms with Crippen LogP contribution >= 0.6 is 23.2 Å². The molecule has 0 saturated carbocycles. The molecule has 0 spiro atoms. The standard InChI is InChI=1S/C25H23Cl2N3O4/c1-3-16-10-12-18(13-11-16)29-24(31)25(32)30-28-14-17-6-4-9-22(33-2)23(17)34-15-19-20(26)7-5-8-21(19)27/h4-14H,3,15H2,1-2H3,(H,29,31)(H,30,32)/b28-14-. The van der Waals surface area contributed by atoms with E-state index in [2.05, 4.69) is 15.8 Å². The summed E-state index contributed by atoms with van der Waals surface area (Å²) in [6, 6.07) is 17.6. The molecule has 34 heavy (non-hydrogen) atoms. The third kappa shape index (κ3) is 6.50. The summed E-state index contributed by atoms with van der Waals surface area (Å²) >= 11 is 12.4. The highest BCUT2D eigenvalue weighted by atomic mass is 35.5. The first kappa shape index (κ1) is 25.1. The molecule has 0 aliphatic rings. The predicted octanol–water partition coefficient (Wildman–Crippen LogP) is 5.23. The van der Waals surface area contributed by atoms with Gasteiger partial charge in [-0.3, -0.25) is 9.59 Å². The molecule has 0 aliphatic heterocycles. The number of amides is 2. The summed E-state index contributed by atoms with van der Waals surface area (Å²) in [6.07, 6.45) is 2.23. The van der Waals surface area contributed by atoms with Crippen LogP contribution in [0.5, 0.6) is 11.5 Å². The van der Waals surface area contributed by atoms with Crippen LogP contribution in [0.3, 0.4) is 0 Å². The molecular weight excluding hydrogens is 477 g/mol. The number of methoxy groups -OCH3 is 1. The quantitative estimate of drug-likeness (QED) is 0.252. The van der Waals surface area contributed by atoms with Crippen molar-refractivity contribution in [2.45, 2.75) is 20.0 Å². The SMILES string of the molecule is CCc1ccc(NC(=O)C(=O)N/N=C\c2cccc(OC)c2OCc2c(Cl)cccc2Cl)cc1. The lowest BCUT2D eigenvalue weighted by Crippen LogP contribution is -2.32. The molecule has 0 fully saturated rings. The van der Waals surface area contributed by atoms with Crippen LogP contribution in [0.25, 0.3) is 0 Å². The van der Waals surface area contributed by atoms with Crippen LogP contribution in [0.2, 0.25) is 10.0 Å². The monoisotopic (exact) mass is 499 g/mol. The lowest BCUT2D eigenvalue weighted by Gasteiger charge is -2.14. The molecule has 176 valence electrons. The van der Waals surface area contributed by atoms with Crippen LogP contribution in [-0.4, -0.2) is 25.1 Å². The van der Waals surface area contributed by atoms with Gasteiger partial charge in [-0.15, -0.1) is 0 Å². The fourth-order valence-corrected chi connectivity index (χ4v) is 3.49. The number of hydrazone groups is 1. The molecule has 3 aromatic rings. The smallest absolute Gasteiger partial charge is 0.329 e. The molecule has 0 aliphatic carbocycles. The van der Waals surface area contributed by atoms with E-state index in [0.29, 0.717) is 38.4 Å². The topological polar surface area (TPSA) is 89.0 Å². The van der Waals surface area contributed by atoms with Crippen LogP contribution in [0.4, 0.5) is 5.69 Å².